The van der Waals surface area contributed by atoms with Gasteiger partial charge in [0.05, 0.1) is 5.54 Å². The molecule has 0 radical (unpaired) electrons. The molecule has 2 N–H and O–H groups in total. The zero-order chi connectivity index (χ0) is 13.8. The first-order valence-corrected chi connectivity index (χ1v) is 6.93. The third-order valence-electron chi connectivity index (χ3n) is 3.59. The summed E-state index contributed by atoms with van der Waals surface area (Å²) in [6.07, 6.45) is 3.25. The molecular formula is C14H29N3O. The molecule has 4 nitrogen and oxygen atoms in total. The monoisotopic (exact) mass is 255 g/mol. The van der Waals surface area contributed by atoms with Gasteiger partial charge in [0, 0.05) is 13.1 Å². The summed E-state index contributed by atoms with van der Waals surface area (Å²) < 4.78 is 0. The van der Waals surface area contributed by atoms with Crippen LogP contribution in [0.15, 0.2) is 0 Å². The second-order valence-corrected chi connectivity index (χ2v) is 6.80. The second-order valence-electron chi connectivity index (χ2n) is 6.80. The van der Waals surface area contributed by atoms with Gasteiger partial charge in [-0.05, 0) is 52.2 Å². The van der Waals surface area contributed by atoms with Crippen molar-refractivity contribution in [3.05, 3.63) is 0 Å². The number of nitrogens with zero attached hydrogens (tertiary/aromatic N) is 1. The standard InChI is InChI=1S/C14H29N3O/c1-13(2,11-17(4)5)10-15-12(18)14(3)8-6-7-9-16-14/h16H,6-11H2,1-5H3,(H,15,18). The van der Waals surface area contributed by atoms with E-state index in [0.29, 0.717) is 0 Å². The second kappa shape index (κ2) is 6.02. The van der Waals surface area contributed by atoms with E-state index >= 15 is 0 Å². The van der Waals surface area contributed by atoms with Crippen LogP contribution in [0.5, 0.6) is 0 Å². The molecule has 18 heavy (non-hydrogen) atoms. The molecular weight excluding hydrogens is 226 g/mol. The van der Waals surface area contributed by atoms with Crippen LogP contribution >= 0.6 is 0 Å². The van der Waals surface area contributed by atoms with Gasteiger partial charge in [-0.2, -0.15) is 0 Å². The maximum atomic E-state index is 12.3. The summed E-state index contributed by atoms with van der Waals surface area (Å²) >= 11 is 0. The number of hydrogen-bond donors (Lipinski definition) is 2. The molecule has 0 aromatic rings. The van der Waals surface area contributed by atoms with Gasteiger partial charge in [-0.25, -0.2) is 0 Å². The van der Waals surface area contributed by atoms with E-state index in [1.807, 2.05) is 6.92 Å². The first-order valence-electron chi connectivity index (χ1n) is 6.93. The predicted octanol–water partition coefficient (Wildman–Crippen LogP) is 1.22. The fourth-order valence-corrected chi connectivity index (χ4v) is 2.68. The zero-order valence-electron chi connectivity index (χ0n) is 12.6. The average Bonchev–Trinajstić information content (AvgIpc) is 2.25. The number of carbonyl (C=O) groups is 1. The molecule has 0 aromatic heterocycles. The van der Waals surface area contributed by atoms with Gasteiger partial charge in [-0.1, -0.05) is 13.8 Å². The summed E-state index contributed by atoms with van der Waals surface area (Å²) in [5, 5.41) is 6.46. The summed E-state index contributed by atoms with van der Waals surface area (Å²) in [5.41, 5.74) is -0.267. The fraction of sp³-hybridized carbons (Fsp3) is 0.929. The van der Waals surface area contributed by atoms with E-state index in [0.717, 1.165) is 32.5 Å². The highest BCUT2D eigenvalue weighted by molar-refractivity contribution is 5.86. The molecule has 1 rings (SSSR count). The summed E-state index contributed by atoms with van der Waals surface area (Å²) in [7, 11) is 4.13. The van der Waals surface area contributed by atoms with Crippen LogP contribution in [-0.4, -0.2) is 50.1 Å². The number of carbonyl (C=O) groups excluding carboxylic acids is 1. The number of nitrogens with one attached hydrogen (secondary N) is 2. The Morgan fingerprint density at radius 3 is 2.56 bits per heavy atom. The number of piperidine rings is 1. The molecule has 1 unspecified atom stereocenters. The molecule has 1 aliphatic rings. The van der Waals surface area contributed by atoms with Crippen LogP contribution in [0.3, 0.4) is 0 Å². The van der Waals surface area contributed by atoms with Crippen molar-refractivity contribution in [1.82, 2.24) is 15.5 Å². The van der Waals surface area contributed by atoms with Crippen molar-refractivity contribution in [3.63, 3.8) is 0 Å². The maximum absolute atomic E-state index is 12.3. The van der Waals surface area contributed by atoms with Crippen LogP contribution < -0.4 is 10.6 Å². The van der Waals surface area contributed by atoms with Crippen molar-refractivity contribution < 1.29 is 4.79 Å². The summed E-state index contributed by atoms with van der Waals surface area (Å²) in [5.74, 6) is 0.147. The molecule has 4 heteroatoms. The van der Waals surface area contributed by atoms with Gasteiger partial charge in [0.1, 0.15) is 0 Å². The summed E-state index contributed by atoms with van der Waals surface area (Å²) in [6, 6.07) is 0. The van der Waals surface area contributed by atoms with Crippen molar-refractivity contribution in [2.24, 2.45) is 5.41 Å². The molecule has 0 spiro atoms. The van der Waals surface area contributed by atoms with E-state index in [2.05, 4.69) is 43.5 Å². The third kappa shape index (κ3) is 4.58. The van der Waals surface area contributed by atoms with E-state index in [-0.39, 0.29) is 16.9 Å². The van der Waals surface area contributed by atoms with Gasteiger partial charge in [0.15, 0.2) is 0 Å². The molecule has 1 heterocycles. The first-order chi connectivity index (χ1) is 8.25. The average molecular weight is 255 g/mol. The minimum Gasteiger partial charge on any atom is -0.354 e. The van der Waals surface area contributed by atoms with Crippen molar-refractivity contribution in [2.75, 3.05) is 33.7 Å². The molecule has 0 bridgehead atoms. The molecule has 106 valence electrons. The predicted molar refractivity (Wildman–Crippen MR) is 75.6 cm³/mol. The Bertz CT molecular complexity index is 281. The van der Waals surface area contributed by atoms with Crippen LogP contribution in [0.2, 0.25) is 0 Å². The quantitative estimate of drug-likeness (QED) is 0.776. The molecule has 1 atom stereocenters. The zero-order valence-corrected chi connectivity index (χ0v) is 12.6. The molecule has 1 fully saturated rings. The van der Waals surface area contributed by atoms with E-state index < -0.39 is 0 Å². The maximum Gasteiger partial charge on any atom is 0.240 e. The highest BCUT2D eigenvalue weighted by atomic mass is 16.2. The van der Waals surface area contributed by atoms with Crippen molar-refractivity contribution in [3.8, 4) is 0 Å². The Kier molecular flexibility index (Phi) is 5.17. The van der Waals surface area contributed by atoms with Gasteiger partial charge in [-0.15, -0.1) is 0 Å². The van der Waals surface area contributed by atoms with E-state index in [4.69, 9.17) is 0 Å². The molecule has 1 amide bonds. The Labute approximate surface area is 111 Å². The van der Waals surface area contributed by atoms with Crippen molar-refractivity contribution in [1.29, 1.82) is 0 Å². The Morgan fingerprint density at radius 1 is 1.39 bits per heavy atom. The lowest BCUT2D eigenvalue weighted by Crippen LogP contribution is -2.58. The molecule has 0 saturated carbocycles. The Morgan fingerprint density at radius 2 is 2.06 bits per heavy atom. The van der Waals surface area contributed by atoms with Gasteiger partial charge in [-0.3, -0.25) is 4.79 Å². The van der Waals surface area contributed by atoms with Gasteiger partial charge in [0.2, 0.25) is 5.91 Å². The van der Waals surface area contributed by atoms with Gasteiger partial charge in [0.25, 0.3) is 0 Å². The highest BCUT2D eigenvalue weighted by Gasteiger charge is 2.34. The van der Waals surface area contributed by atoms with Crippen LogP contribution in [0, 0.1) is 5.41 Å². The molecule has 1 aliphatic heterocycles. The fourth-order valence-electron chi connectivity index (χ4n) is 2.68. The minimum atomic E-state index is -0.369. The smallest absolute Gasteiger partial charge is 0.240 e. The van der Waals surface area contributed by atoms with Crippen molar-refractivity contribution >= 4 is 5.91 Å². The van der Waals surface area contributed by atoms with Crippen LogP contribution in [0.4, 0.5) is 0 Å². The number of rotatable bonds is 5. The SMILES string of the molecule is CN(C)CC(C)(C)CNC(=O)C1(C)CCCCN1. The normalized spacial score (nSPS) is 25.2. The highest BCUT2D eigenvalue weighted by Crippen LogP contribution is 2.20. The van der Waals surface area contributed by atoms with Crippen molar-refractivity contribution in [2.45, 2.75) is 45.6 Å². The van der Waals surface area contributed by atoms with Crippen LogP contribution in [-0.2, 0) is 4.79 Å². The van der Waals surface area contributed by atoms with Crippen LogP contribution in [0.25, 0.3) is 0 Å². The van der Waals surface area contributed by atoms with Gasteiger partial charge >= 0.3 is 0 Å². The number of hydrogen-bond acceptors (Lipinski definition) is 3. The minimum absolute atomic E-state index is 0.101. The van der Waals surface area contributed by atoms with E-state index in [1.165, 1.54) is 6.42 Å². The summed E-state index contributed by atoms with van der Waals surface area (Å²) in [6.45, 7) is 9.03. The largest absolute Gasteiger partial charge is 0.354 e. The van der Waals surface area contributed by atoms with Crippen LogP contribution in [0.1, 0.15) is 40.0 Å². The Balaban J connectivity index is 2.45. The lowest BCUT2D eigenvalue weighted by molar-refractivity contribution is -0.128. The third-order valence-corrected chi connectivity index (χ3v) is 3.59. The molecule has 0 aromatic carbocycles. The number of amides is 1. The van der Waals surface area contributed by atoms with Gasteiger partial charge < -0.3 is 15.5 Å². The summed E-state index contributed by atoms with van der Waals surface area (Å²) in [4.78, 5) is 14.4. The molecule has 1 saturated heterocycles. The first kappa shape index (κ1) is 15.4. The topological polar surface area (TPSA) is 44.4 Å². The lowest BCUT2D eigenvalue weighted by atomic mass is 9.88. The molecule has 0 aliphatic carbocycles. The lowest BCUT2D eigenvalue weighted by Gasteiger charge is -2.35. The Hall–Kier alpha value is -0.610. The van der Waals surface area contributed by atoms with E-state index in [1.54, 1.807) is 0 Å². The van der Waals surface area contributed by atoms with E-state index in [9.17, 15) is 4.79 Å².